The number of nitrogens with zero attached hydrogens (tertiary/aromatic N) is 1. The molecular formula is C19H25N3O5. The van der Waals surface area contributed by atoms with E-state index in [0.29, 0.717) is 23.8 Å². The number of ether oxygens (including phenoxy) is 2. The van der Waals surface area contributed by atoms with Crippen molar-refractivity contribution in [3.63, 3.8) is 0 Å². The number of hydrogen-bond donors (Lipinski definition) is 2. The number of likely N-dealkylation sites (N-methyl/N-ethyl adjacent to an activating group) is 1. The first-order chi connectivity index (χ1) is 13.0. The van der Waals surface area contributed by atoms with Crippen molar-refractivity contribution in [2.45, 2.75) is 13.0 Å². The lowest BCUT2D eigenvalue weighted by Gasteiger charge is -2.16. The third kappa shape index (κ3) is 6.67. The highest BCUT2D eigenvalue weighted by Crippen LogP contribution is 2.27. The number of benzene rings is 1. The van der Waals surface area contributed by atoms with E-state index < -0.39 is 6.03 Å². The van der Waals surface area contributed by atoms with Crippen molar-refractivity contribution in [3.8, 4) is 11.5 Å². The second-order valence-electron chi connectivity index (χ2n) is 5.99. The lowest BCUT2D eigenvalue weighted by atomic mass is 10.1. The van der Waals surface area contributed by atoms with Gasteiger partial charge in [-0.15, -0.1) is 0 Å². The van der Waals surface area contributed by atoms with Crippen LogP contribution >= 0.6 is 0 Å². The molecule has 2 rings (SSSR count). The molecule has 0 bridgehead atoms. The number of imide groups is 1. The van der Waals surface area contributed by atoms with Gasteiger partial charge in [-0.3, -0.25) is 15.0 Å². The molecule has 1 heterocycles. The lowest BCUT2D eigenvalue weighted by Crippen LogP contribution is -2.43. The fourth-order valence-electron chi connectivity index (χ4n) is 2.47. The van der Waals surface area contributed by atoms with E-state index >= 15 is 0 Å². The zero-order valence-electron chi connectivity index (χ0n) is 15.8. The van der Waals surface area contributed by atoms with E-state index in [2.05, 4.69) is 10.6 Å². The van der Waals surface area contributed by atoms with Crippen molar-refractivity contribution >= 4 is 11.9 Å². The van der Waals surface area contributed by atoms with E-state index in [1.807, 2.05) is 30.1 Å². The van der Waals surface area contributed by atoms with Gasteiger partial charge in [0.25, 0.3) is 0 Å². The van der Waals surface area contributed by atoms with Crippen molar-refractivity contribution < 1.29 is 23.5 Å². The molecule has 8 heteroatoms. The number of furan rings is 1. The first kappa shape index (κ1) is 20.3. The Kier molecular flexibility index (Phi) is 7.69. The largest absolute Gasteiger partial charge is 0.493 e. The third-order valence-corrected chi connectivity index (χ3v) is 3.90. The number of carbonyl (C=O) groups excluding carboxylic acids is 2. The second kappa shape index (κ2) is 10.2. The van der Waals surface area contributed by atoms with Gasteiger partial charge in [0, 0.05) is 6.54 Å². The Balaban J connectivity index is 1.72. The molecule has 0 fully saturated rings. The van der Waals surface area contributed by atoms with Crippen molar-refractivity contribution in [2.24, 2.45) is 0 Å². The minimum atomic E-state index is -0.551. The van der Waals surface area contributed by atoms with Gasteiger partial charge < -0.3 is 19.2 Å². The zero-order chi connectivity index (χ0) is 19.6. The normalized spacial score (nSPS) is 10.5. The third-order valence-electron chi connectivity index (χ3n) is 3.90. The molecule has 146 valence electrons. The SMILES string of the molecule is COc1ccc(CCN(C)CC(=O)NC(=O)NCc2ccco2)cc1OC. The molecule has 0 radical (unpaired) electrons. The highest BCUT2D eigenvalue weighted by atomic mass is 16.5. The Morgan fingerprint density at radius 2 is 1.93 bits per heavy atom. The Labute approximate surface area is 158 Å². The van der Waals surface area contributed by atoms with Crippen LogP contribution < -0.4 is 20.1 Å². The highest BCUT2D eigenvalue weighted by molar-refractivity contribution is 5.95. The molecule has 2 N–H and O–H groups in total. The van der Waals surface area contributed by atoms with Crippen molar-refractivity contribution in [3.05, 3.63) is 47.9 Å². The van der Waals surface area contributed by atoms with Gasteiger partial charge in [0.2, 0.25) is 5.91 Å². The van der Waals surface area contributed by atoms with E-state index in [1.165, 1.54) is 6.26 Å². The van der Waals surface area contributed by atoms with Gasteiger partial charge in [-0.2, -0.15) is 0 Å². The predicted octanol–water partition coefficient (Wildman–Crippen LogP) is 1.80. The van der Waals surface area contributed by atoms with Crippen LogP contribution in [0.15, 0.2) is 41.0 Å². The molecule has 0 atom stereocenters. The minimum absolute atomic E-state index is 0.113. The summed E-state index contributed by atoms with van der Waals surface area (Å²) in [5.74, 6) is 1.59. The Bertz CT molecular complexity index is 746. The lowest BCUT2D eigenvalue weighted by molar-refractivity contribution is -0.120. The van der Waals surface area contributed by atoms with E-state index in [0.717, 1.165) is 12.0 Å². The zero-order valence-corrected chi connectivity index (χ0v) is 15.8. The number of nitrogens with one attached hydrogen (secondary N) is 2. The van der Waals surface area contributed by atoms with E-state index in [-0.39, 0.29) is 19.0 Å². The molecule has 2 aromatic rings. The van der Waals surface area contributed by atoms with Gasteiger partial charge in [-0.25, -0.2) is 4.79 Å². The summed E-state index contributed by atoms with van der Waals surface area (Å²) in [6.45, 7) is 0.986. The summed E-state index contributed by atoms with van der Waals surface area (Å²) in [5, 5.41) is 4.86. The molecule has 0 saturated carbocycles. The predicted molar refractivity (Wildman–Crippen MR) is 99.8 cm³/mol. The number of carbonyl (C=O) groups is 2. The van der Waals surface area contributed by atoms with E-state index in [9.17, 15) is 9.59 Å². The van der Waals surface area contributed by atoms with Gasteiger partial charge in [-0.05, 0) is 43.3 Å². The minimum Gasteiger partial charge on any atom is -0.493 e. The van der Waals surface area contributed by atoms with Gasteiger partial charge in [-0.1, -0.05) is 6.07 Å². The van der Waals surface area contributed by atoms with Crippen LogP contribution in [-0.4, -0.2) is 51.2 Å². The monoisotopic (exact) mass is 375 g/mol. The van der Waals surface area contributed by atoms with Crippen LogP contribution in [0.5, 0.6) is 11.5 Å². The Morgan fingerprint density at radius 1 is 1.15 bits per heavy atom. The van der Waals surface area contributed by atoms with Gasteiger partial charge in [0.15, 0.2) is 11.5 Å². The summed E-state index contributed by atoms with van der Waals surface area (Å²) in [7, 11) is 5.00. The van der Waals surface area contributed by atoms with Crippen LogP contribution in [0.3, 0.4) is 0 Å². The molecule has 1 aromatic heterocycles. The van der Waals surface area contributed by atoms with Crippen LogP contribution in [0, 0.1) is 0 Å². The molecule has 27 heavy (non-hydrogen) atoms. The van der Waals surface area contributed by atoms with Gasteiger partial charge in [0.1, 0.15) is 5.76 Å². The summed E-state index contributed by atoms with van der Waals surface area (Å²) >= 11 is 0. The van der Waals surface area contributed by atoms with Crippen LogP contribution in [0.25, 0.3) is 0 Å². The summed E-state index contributed by atoms with van der Waals surface area (Å²) in [6, 6.07) is 8.64. The maximum absolute atomic E-state index is 11.9. The number of urea groups is 1. The summed E-state index contributed by atoms with van der Waals surface area (Å²) in [5.41, 5.74) is 1.07. The Hall–Kier alpha value is -3.00. The fourth-order valence-corrected chi connectivity index (χ4v) is 2.47. The molecule has 1 aromatic carbocycles. The quantitative estimate of drug-likeness (QED) is 0.694. The van der Waals surface area contributed by atoms with Crippen LogP contribution in [0.4, 0.5) is 4.79 Å². The first-order valence-electron chi connectivity index (χ1n) is 8.51. The van der Waals surface area contributed by atoms with E-state index in [4.69, 9.17) is 13.9 Å². The second-order valence-corrected chi connectivity index (χ2v) is 5.99. The summed E-state index contributed by atoms with van der Waals surface area (Å²) < 4.78 is 15.6. The summed E-state index contributed by atoms with van der Waals surface area (Å²) in [4.78, 5) is 25.5. The number of rotatable bonds is 9. The molecule has 0 aliphatic rings. The highest BCUT2D eigenvalue weighted by Gasteiger charge is 2.11. The topological polar surface area (TPSA) is 93.0 Å². The van der Waals surface area contributed by atoms with Crippen molar-refractivity contribution in [1.82, 2.24) is 15.5 Å². The molecule has 3 amide bonds. The molecule has 0 aliphatic carbocycles. The number of methoxy groups -OCH3 is 2. The molecule has 0 unspecified atom stereocenters. The number of hydrogen-bond acceptors (Lipinski definition) is 6. The average Bonchev–Trinajstić information content (AvgIpc) is 3.18. The molecular weight excluding hydrogens is 350 g/mol. The molecule has 0 spiro atoms. The molecule has 0 aliphatic heterocycles. The van der Waals surface area contributed by atoms with Gasteiger partial charge in [0.05, 0.1) is 33.6 Å². The molecule has 0 saturated heterocycles. The van der Waals surface area contributed by atoms with Crippen LogP contribution in [0.1, 0.15) is 11.3 Å². The van der Waals surface area contributed by atoms with Gasteiger partial charge >= 0.3 is 6.03 Å². The standard InChI is InChI=1S/C19H25N3O5/c1-22(9-8-14-6-7-16(25-2)17(11-14)26-3)13-18(23)21-19(24)20-12-15-5-4-10-27-15/h4-7,10-11H,8-9,12-13H2,1-3H3,(H2,20,21,23,24). The van der Waals surface area contributed by atoms with Crippen LogP contribution in [-0.2, 0) is 17.8 Å². The maximum atomic E-state index is 11.9. The summed E-state index contributed by atoms with van der Waals surface area (Å²) in [6.07, 6.45) is 2.25. The average molecular weight is 375 g/mol. The van der Waals surface area contributed by atoms with Crippen molar-refractivity contribution in [2.75, 3.05) is 34.4 Å². The Morgan fingerprint density at radius 3 is 2.59 bits per heavy atom. The molecule has 8 nitrogen and oxygen atoms in total. The first-order valence-corrected chi connectivity index (χ1v) is 8.51. The van der Waals surface area contributed by atoms with Crippen LogP contribution in [0.2, 0.25) is 0 Å². The maximum Gasteiger partial charge on any atom is 0.321 e. The van der Waals surface area contributed by atoms with Crippen molar-refractivity contribution in [1.29, 1.82) is 0 Å². The number of amides is 3. The van der Waals surface area contributed by atoms with E-state index in [1.54, 1.807) is 26.4 Å². The smallest absolute Gasteiger partial charge is 0.321 e. The fraction of sp³-hybridized carbons (Fsp3) is 0.368.